The second-order valence-electron chi connectivity index (χ2n) is 3.41. The summed E-state index contributed by atoms with van der Waals surface area (Å²) in [5.74, 6) is -0.858. The summed E-state index contributed by atoms with van der Waals surface area (Å²) >= 11 is 0.101. The molecular formula is C13H11NO2Se. The van der Waals surface area contributed by atoms with Gasteiger partial charge < -0.3 is 0 Å². The van der Waals surface area contributed by atoms with E-state index >= 15 is 0 Å². The van der Waals surface area contributed by atoms with E-state index in [1.165, 1.54) is 0 Å². The molecule has 1 N–H and O–H groups in total. The Morgan fingerprint density at radius 2 is 1.94 bits per heavy atom. The predicted octanol–water partition coefficient (Wildman–Crippen LogP) is 1.31. The van der Waals surface area contributed by atoms with Crippen molar-refractivity contribution in [3.05, 3.63) is 59.9 Å². The van der Waals surface area contributed by atoms with Crippen LogP contribution in [0.2, 0.25) is 0 Å². The molecule has 1 aromatic carbocycles. The summed E-state index contributed by atoms with van der Waals surface area (Å²) in [4.78, 5) is 15.3. The third-order valence-electron chi connectivity index (χ3n) is 2.22. The fourth-order valence-corrected chi connectivity index (χ4v) is 3.42. The summed E-state index contributed by atoms with van der Waals surface area (Å²) in [6.07, 6.45) is 1.76. The zero-order chi connectivity index (χ0) is 12.1. The number of benzene rings is 1. The zero-order valence-corrected chi connectivity index (χ0v) is 10.7. The molecule has 0 amide bonds. The number of hydrogen-bond donors (Lipinski definition) is 1. The minimum absolute atomic E-state index is 0.101. The van der Waals surface area contributed by atoms with Gasteiger partial charge in [-0.2, -0.15) is 0 Å². The molecule has 0 atom stereocenters. The van der Waals surface area contributed by atoms with Crippen molar-refractivity contribution in [3.63, 3.8) is 0 Å². The predicted molar refractivity (Wildman–Crippen MR) is 66.7 cm³/mol. The van der Waals surface area contributed by atoms with Crippen LogP contribution in [0, 0.1) is 0 Å². The first kappa shape index (κ1) is 11.8. The Hall–Kier alpha value is -1.64. The van der Waals surface area contributed by atoms with Gasteiger partial charge in [0.15, 0.2) is 0 Å². The van der Waals surface area contributed by atoms with Gasteiger partial charge in [0.05, 0.1) is 0 Å². The van der Waals surface area contributed by atoms with E-state index in [1.807, 2.05) is 30.3 Å². The first-order chi connectivity index (χ1) is 8.27. The monoisotopic (exact) mass is 293 g/mol. The van der Waals surface area contributed by atoms with E-state index < -0.39 is 5.97 Å². The van der Waals surface area contributed by atoms with Crippen LogP contribution in [0.1, 0.15) is 16.1 Å². The number of pyridine rings is 1. The van der Waals surface area contributed by atoms with Crippen LogP contribution in [0.5, 0.6) is 0 Å². The third-order valence-corrected chi connectivity index (χ3v) is 4.54. The van der Waals surface area contributed by atoms with Crippen molar-refractivity contribution in [3.8, 4) is 0 Å². The number of aromatic nitrogens is 1. The van der Waals surface area contributed by atoms with Gasteiger partial charge in [-0.15, -0.1) is 0 Å². The molecule has 86 valence electrons. The molecule has 1 heterocycles. The summed E-state index contributed by atoms with van der Waals surface area (Å²) in [5, 5.41) is 9.87. The Morgan fingerprint density at radius 3 is 2.65 bits per heavy atom. The average Bonchev–Trinajstić information content (AvgIpc) is 2.38. The molecule has 0 bridgehead atoms. The second kappa shape index (κ2) is 5.62. The Bertz CT molecular complexity index is 514. The Kier molecular flexibility index (Phi) is 3.91. The molecule has 17 heavy (non-hydrogen) atoms. The fourth-order valence-electron chi connectivity index (χ4n) is 1.40. The zero-order valence-electron chi connectivity index (χ0n) is 9.04. The Balaban J connectivity index is 2.12. The van der Waals surface area contributed by atoms with E-state index in [0.717, 1.165) is 15.5 Å². The van der Waals surface area contributed by atoms with Crippen molar-refractivity contribution in [1.29, 1.82) is 0 Å². The topological polar surface area (TPSA) is 50.2 Å². The number of nitrogens with zero attached hydrogens (tertiary/aromatic N) is 1. The number of rotatable bonds is 4. The van der Waals surface area contributed by atoms with Gasteiger partial charge in [0.1, 0.15) is 0 Å². The standard InChI is InChI=1S/C13H11NO2Se/c15-13(16)11-6-1-2-7-12(11)17-9-10-5-3-4-8-14-10/h1-8H,9H2,(H,15,16). The second-order valence-corrected chi connectivity index (χ2v) is 5.55. The summed E-state index contributed by atoms with van der Waals surface area (Å²) in [6.45, 7) is 0. The van der Waals surface area contributed by atoms with Gasteiger partial charge in [-0.25, -0.2) is 0 Å². The fraction of sp³-hybridized carbons (Fsp3) is 0.0769. The van der Waals surface area contributed by atoms with Crippen LogP contribution in [0.3, 0.4) is 0 Å². The Morgan fingerprint density at radius 1 is 1.18 bits per heavy atom. The van der Waals surface area contributed by atoms with E-state index in [1.54, 1.807) is 18.3 Å². The van der Waals surface area contributed by atoms with Crippen LogP contribution in [-0.4, -0.2) is 31.0 Å². The number of carbonyl (C=O) groups is 1. The van der Waals surface area contributed by atoms with Crippen LogP contribution in [0.15, 0.2) is 48.7 Å². The maximum atomic E-state index is 11.0. The molecule has 0 unspecified atom stereocenters. The van der Waals surface area contributed by atoms with Crippen molar-refractivity contribution >= 4 is 25.4 Å². The van der Waals surface area contributed by atoms with E-state index in [-0.39, 0.29) is 15.0 Å². The first-order valence-electron chi connectivity index (χ1n) is 5.12. The van der Waals surface area contributed by atoms with Crippen molar-refractivity contribution in [2.45, 2.75) is 5.32 Å². The molecule has 4 heteroatoms. The molecule has 1 aromatic heterocycles. The summed E-state index contributed by atoms with van der Waals surface area (Å²) in [7, 11) is 0. The molecule has 0 spiro atoms. The molecule has 0 saturated heterocycles. The molecule has 0 radical (unpaired) electrons. The number of aromatic carboxylic acids is 1. The van der Waals surface area contributed by atoms with Crippen molar-refractivity contribution in [1.82, 2.24) is 4.98 Å². The molecule has 3 nitrogen and oxygen atoms in total. The van der Waals surface area contributed by atoms with E-state index in [0.29, 0.717) is 5.56 Å². The van der Waals surface area contributed by atoms with Crippen molar-refractivity contribution < 1.29 is 9.90 Å². The molecular weight excluding hydrogens is 281 g/mol. The quantitative estimate of drug-likeness (QED) is 0.864. The molecule has 0 aliphatic heterocycles. The van der Waals surface area contributed by atoms with Gasteiger partial charge in [-0.05, 0) is 0 Å². The van der Waals surface area contributed by atoms with E-state index in [4.69, 9.17) is 5.11 Å². The third kappa shape index (κ3) is 3.16. The summed E-state index contributed by atoms with van der Waals surface area (Å²) in [5.41, 5.74) is 1.41. The number of hydrogen-bond acceptors (Lipinski definition) is 2. The van der Waals surface area contributed by atoms with Gasteiger partial charge in [0.25, 0.3) is 0 Å². The van der Waals surface area contributed by atoms with Gasteiger partial charge in [0, 0.05) is 0 Å². The van der Waals surface area contributed by atoms with Gasteiger partial charge in [-0.3, -0.25) is 0 Å². The normalized spacial score (nSPS) is 10.1. The van der Waals surface area contributed by atoms with Crippen LogP contribution >= 0.6 is 0 Å². The van der Waals surface area contributed by atoms with E-state index in [2.05, 4.69) is 4.98 Å². The van der Waals surface area contributed by atoms with Gasteiger partial charge >= 0.3 is 106 Å². The molecule has 2 rings (SSSR count). The van der Waals surface area contributed by atoms with Gasteiger partial charge in [-0.1, -0.05) is 0 Å². The average molecular weight is 292 g/mol. The SMILES string of the molecule is O=C(O)c1ccccc1[Se]Cc1ccccn1. The van der Waals surface area contributed by atoms with Crippen LogP contribution in [0.25, 0.3) is 0 Å². The van der Waals surface area contributed by atoms with E-state index in [9.17, 15) is 4.79 Å². The number of carboxylic acid groups (broad SMARTS) is 1. The maximum absolute atomic E-state index is 11.0. The first-order valence-corrected chi connectivity index (χ1v) is 7.19. The van der Waals surface area contributed by atoms with Crippen molar-refractivity contribution in [2.24, 2.45) is 0 Å². The molecule has 0 fully saturated rings. The molecule has 2 aromatic rings. The Labute approximate surface area is 106 Å². The number of carboxylic acids is 1. The van der Waals surface area contributed by atoms with Crippen LogP contribution in [-0.2, 0) is 5.32 Å². The van der Waals surface area contributed by atoms with Crippen molar-refractivity contribution in [2.75, 3.05) is 0 Å². The van der Waals surface area contributed by atoms with Crippen LogP contribution in [0.4, 0.5) is 0 Å². The van der Waals surface area contributed by atoms with Crippen LogP contribution < -0.4 is 4.46 Å². The molecule has 0 aliphatic rings. The molecule has 0 saturated carbocycles. The molecule has 0 aliphatic carbocycles. The summed E-state index contributed by atoms with van der Waals surface area (Å²) < 4.78 is 0.915. The van der Waals surface area contributed by atoms with Gasteiger partial charge in [0.2, 0.25) is 0 Å². The minimum atomic E-state index is -0.858. The summed E-state index contributed by atoms with van der Waals surface area (Å²) in [6, 6.07) is 12.9.